The lowest BCUT2D eigenvalue weighted by atomic mass is 9.86. The van der Waals surface area contributed by atoms with Gasteiger partial charge in [0.15, 0.2) is 0 Å². The number of β-lactam (4-membered cyclic amide) rings is 1. The first-order valence-electron chi connectivity index (χ1n) is 5.63. The van der Waals surface area contributed by atoms with Gasteiger partial charge in [-0.3, -0.25) is 14.9 Å². The van der Waals surface area contributed by atoms with Gasteiger partial charge in [0.25, 0.3) is 0 Å². The van der Waals surface area contributed by atoms with Gasteiger partial charge in [0.2, 0.25) is 11.8 Å². The number of hydrogen-bond acceptors (Lipinski definition) is 4. The summed E-state index contributed by atoms with van der Waals surface area (Å²) in [5.41, 5.74) is 4.82. The fourth-order valence-electron chi connectivity index (χ4n) is 3.05. The highest BCUT2D eigenvalue weighted by Crippen LogP contribution is 2.39. The van der Waals surface area contributed by atoms with E-state index in [2.05, 4.69) is 10.6 Å². The van der Waals surface area contributed by atoms with E-state index in [-0.39, 0.29) is 18.0 Å². The molecule has 6 heteroatoms. The van der Waals surface area contributed by atoms with Crippen LogP contribution in [0.3, 0.4) is 0 Å². The third kappa shape index (κ3) is 1.20. The number of hydrogen-bond donors (Lipinski definition) is 3. The normalized spacial score (nSPS) is 35.2. The van der Waals surface area contributed by atoms with Gasteiger partial charge in [0.1, 0.15) is 5.54 Å². The summed E-state index contributed by atoms with van der Waals surface area (Å²) >= 11 is 0. The van der Waals surface area contributed by atoms with Crippen molar-refractivity contribution in [2.24, 2.45) is 5.73 Å². The standard InChI is InChI=1S/C10H16N4O2/c11-7(15)3-14-6-10(8(14)16)2-1-9(13-10)4-12-5-9/h12-13H,1-6H2,(H2,11,15). The maximum absolute atomic E-state index is 12.0. The lowest BCUT2D eigenvalue weighted by molar-refractivity contribution is -0.155. The molecule has 2 amide bonds. The SMILES string of the molecule is NC(=O)CN1CC2(CCC3(CNC3)N2)C1=O. The predicted octanol–water partition coefficient (Wildman–Crippen LogP) is -2.22. The maximum atomic E-state index is 12.0. The molecular formula is C10H16N4O2. The molecule has 16 heavy (non-hydrogen) atoms. The Balaban J connectivity index is 1.66. The first-order valence-corrected chi connectivity index (χ1v) is 5.63. The minimum atomic E-state index is -0.443. The quantitative estimate of drug-likeness (QED) is 0.464. The fourth-order valence-corrected chi connectivity index (χ4v) is 3.05. The molecule has 0 aliphatic carbocycles. The van der Waals surface area contributed by atoms with Gasteiger partial charge in [-0.25, -0.2) is 0 Å². The maximum Gasteiger partial charge on any atom is 0.245 e. The van der Waals surface area contributed by atoms with E-state index >= 15 is 0 Å². The Hall–Kier alpha value is -1.14. The van der Waals surface area contributed by atoms with Crippen LogP contribution >= 0.6 is 0 Å². The highest BCUT2D eigenvalue weighted by atomic mass is 16.2. The minimum Gasteiger partial charge on any atom is -0.368 e. The third-order valence-corrected chi connectivity index (χ3v) is 3.97. The number of nitrogens with one attached hydrogen (secondary N) is 2. The Labute approximate surface area is 93.5 Å². The van der Waals surface area contributed by atoms with Gasteiger partial charge in [-0.2, -0.15) is 0 Å². The Kier molecular flexibility index (Phi) is 1.85. The van der Waals surface area contributed by atoms with E-state index in [0.717, 1.165) is 25.9 Å². The summed E-state index contributed by atoms with van der Waals surface area (Å²) in [6, 6.07) is 0. The number of nitrogens with zero attached hydrogens (tertiary/aromatic N) is 1. The van der Waals surface area contributed by atoms with Crippen molar-refractivity contribution in [3.63, 3.8) is 0 Å². The van der Waals surface area contributed by atoms with Crippen molar-refractivity contribution in [3.05, 3.63) is 0 Å². The third-order valence-electron chi connectivity index (χ3n) is 3.97. The second-order valence-electron chi connectivity index (χ2n) is 5.22. The van der Waals surface area contributed by atoms with Crippen LogP contribution in [0.15, 0.2) is 0 Å². The molecule has 4 N–H and O–H groups in total. The van der Waals surface area contributed by atoms with Gasteiger partial charge < -0.3 is 16.0 Å². The fraction of sp³-hybridized carbons (Fsp3) is 0.800. The van der Waals surface area contributed by atoms with E-state index in [1.54, 1.807) is 0 Å². The summed E-state index contributed by atoms with van der Waals surface area (Å²) in [6.45, 7) is 2.56. The number of carbonyl (C=O) groups excluding carboxylic acids is 2. The van der Waals surface area contributed by atoms with Crippen molar-refractivity contribution >= 4 is 11.8 Å². The van der Waals surface area contributed by atoms with Crippen molar-refractivity contribution < 1.29 is 9.59 Å². The van der Waals surface area contributed by atoms with Crippen LogP contribution < -0.4 is 16.4 Å². The summed E-state index contributed by atoms with van der Waals surface area (Å²) in [5, 5.41) is 6.69. The van der Waals surface area contributed by atoms with Crippen molar-refractivity contribution in [1.82, 2.24) is 15.5 Å². The summed E-state index contributed by atoms with van der Waals surface area (Å²) in [6.07, 6.45) is 1.92. The monoisotopic (exact) mass is 224 g/mol. The van der Waals surface area contributed by atoms with Crippen LogP contribution in [0.1, 0.15) is 12.8 Å². The molecule has 0 saturated carbocycles. The van der Waals surface area contributed by atoms with Gasteiger partial charge in [-0.15, -0.1) is 0 Å². The highest BCUT2D eigenvalue weighted by molar-refractivity contribution is 5.96. The average Bonchev–Trinajstić information content (AvgIpc) is 2.59. The van der Waals surface area contributed by atoms with Crippen LogP contribution in [0, 0.1) is 0 Å². The molecule has 3 rings (SSSR count). The molecule has 3 saturated heterocycles. The van der Waals surface area contributed by atoms with Crippen molar-refractivity contribution in [3.8, 4) is 0 Å². The number of rotatable bonds is 2. The van der Waals surface area contributed by atoms with Gasteiger partial charge in [-0.05, 0) is 12.8 Å². The van der Waals surface area contributed by atoms with Crippen molar-refractivity contribution in [1.29, 1.82) is 0 Å². The van der Waals surface area contributed by atoms with Crippen LogP contribution in [-0.2, 0) is 9.59 Å². The molecule has 0 aromatic carbocycles. The van der Waals surface area contributed by atoms with E-state index in [0.29, 0.717) is 6.54 Å². The molecule has 3 aliphatic rings. The lowest BCUT2D eigenvalue weighted by Crippen LogP contribution is -2.77. The summed E-state index contributed by atoms with van der Waals surface area (Å²) in [7, 11) is 0. The first-order chi connectivity index (χ1) is 7.55. The molecule has 0 radical (unpaired) electrons. The Morgan fingerprint density at radius 3 is 2.62 bits per heavy atom. The van der Waals surface area contributed by atoms with E-state index in [1.807, 2.05) is 0 Å². The smallest absolute Gasteiger partial charge is 0.245 e. The largest absolute Gasteiger partial charge is 0.368 e. The zero-order valence-corrected chi connectivity index (χ0v) is 9.08. The first kappa shape index (κ1) is 10.0. The lowest BCUT2D eigenvalue weighted by Gasteiger charge is -2.49. The van der Waals surface area contributed by atoms with Crippen LogP contribution in [0.2, 0.25) is 0 Å². The zero-order valence-electron chi connectivity index (χ0n) is 9.08. The molecule has 3 aliphatic heterocycles. The average molecular weight is 224 g/mol. The molecule has 0 bridgehead atoms. The molecule has 0 aromatic rings. The second kappa shape index (κ2) is 2.95. The molecule has 6 nitrogen and oxygen atoms in total. The molecular weight excluding hydrogens is 208 g/mol. The molecule has 1 atom stereocenters. The topological polar surface area (TPSA) is 87.5 Å². The Morgan fingerprint density at radius 1 is 1.44 bits per heavy atom. The van der Waals surface area contributed by atoms with Gasteiger partial charge in [-0.1, -0.05) is 0 Å². The number of primary amides is 1. The highest BCUT2D eigenvalue weighted by Gasteiger charge is 2.61. The van der Waals surface area contributed by atoms with E-state index < -0.39 is 11.4 Å². The molecule has 88 valence electrons. The molecule has 0 aromatic heterocycles. The Morgan fingerprint density at radius 2 is 2.19 bits per heavy atom. The zero-order chi connectivity index (χ0) is 11.4. The molecule has 3 heterocycles. The summed E-state index contributed by atoms with van der Waals surface area (Å²) < 4.78 is 0. The van der Waals surface area contributed by atoms with Gasteiger partial charge in [0, 0.05) is 25.2 Å². The van der Waals surface area contributed by atoms with E-state index in [9.17, 15) is 9.59 Å². The van der Waals surface area contributed by atoms with Crippen LogP contribution in [0.4, 0.5) is 0 Å². The second-order valence-corrected chi connectivity index (χ2v) is 5.22. The number of nitrogens with two attached hydrogens (primary N) is 1. The van der Waals surface area contributed by atoms with Gasteiger partial charge >= 0.3 is 0 Å². The molecule has 3 fully saturated rings. The summed E-state index contributed by atoms with van der Waals surface area (Å²) in [5.74, 6) is -0.406. The van der Waals surface area contributed by atoms with Crippen molar-refractivity contribution in [2.45, 2.75) is 23.9 Å². The minimum absolute atomic E-state index is 0.0371. The van der Waals surface area contributed by atoms with E-state index in [4.69, 9.17) is 5.73 Å². The molecule has 1 unspecified atom stereocenters. The van der Waals surface area contributed by atoms with Crippen LogP contribution in [0.25, 0.3) is 0 Å². The Bertz CT molecular complexity index is 366. The van der Waals surface area contributed by atoms with Crippen LogP contribution in [-0.4, -0.2) is 54.0 Å². The number of carbonyl (C=O) groups is 2. The number of amides is 2. The number of likely N-dealkylation sites (tertiary alicyclic amines) is 1. The van der Waals surface area contributed by atoms with Gasteiger partial charge in [0.05, 0.1) is 6.54 Å². The predicted molar refractivity (Wildman–Crippen MR) is 56.5 cm³/mol. The molecule has 2 spiro atoms. The van der Waals surface area contributed by atoms with Crippen LogP contribution in [0.5, 0.6) is 0 Å². The van der Waals surface area contributed by atoms with Crippen molar-refractivity contribution in [2.75, 3.05) is 26.2 Å². The summed E-state index contributed by atoms with van der Waals surface area (Å²) in [4.78, 5) is 24.3. The van der Waals surface area contributed by atoms with E-state index in [1.165, 1.54) is 4.90 Å².